The molecule has 0 N–H and O–H groups in total. The van der Waals surface area contributed by atoms with Gasteiger partial charge in [-0.25, -0.2) is 0 Å². The van der Waals surface area contributed by atoms with Crippen LogP contribution in [0.5, 0.6) is 0 Å². The number of nitriles is 1. The van der Waals surface area contributed by atoms with Crippen molar-refractivity contribution in [1.29, 1.82) is 5.26 Å². The number of aromatic nitrogens is 3. The maximum absolute atomic E-state index is 12.7. The van der Waals surface area contributed by atoms with Crippen LogP contribution in [0, 0.1) is 11.3 Å². The Labute approximate surface area is 133 Å². The Hall–Kier alpha value is -2.33. The smallest absolute Gasteiger partial charge is 0.240 e. The zero-order valence-corrected chi connectivity index (χ0v) is 13.3. The van der Waals surface area contributed by atoms with Gasteiger partial charge < -0.3 is 9.47 Å². The van der Waals surface area contributed by atoms with Crippen LogP contribution in [0.2, 0.25) is 0 Å². The third kappa shape index (κ3) is 3.86. The average molecular weight is 315 g/mol. The van der Waals surface area contributed by atoms with Gasteiger partial charge in [-0.1, -0.05) is 30.0 Å². The van der Waals surface area contributed by atoms with Crippen molar-refractivity contribution >= 4 is 23.4 Å². The number of amides is 1. The van der Waals surface area contributed by atoms with Crippen LogP contribution < -0.4 is 4.90 Å². The molecule has 0 spiro atoms. The molecular weight excluding hydrogens is 298 g/mol. The molecule has 0 unspecified atom stereocenters. The largest absolute Gasteiger partial charge is 0.312 e. The third-order valence-corrected chi connectivity index (χ3v) is 4.22. The first-order chi connectivity index (χ1) is 10.6. The first-order valence-corrected chi connectivity index (χ1v) is 7.75. The summed E-state index contributed by atoms with van der Waals surface area (Å²) in [5.41, 5.74) is 0.799. The third-order valence-electron chi connectivity index (χ3n) is 3.08. The number of carbonyl (C=O) groups is 1. The van der Waals surface area contributed by atoms with Crippen molar-refractivity contribution in [3.8, 4) is 6.07 Å². The van der Waals surface area contributed by atoms with Crippen LogP contribution in [0.15, 0.2) is 41.8 Å². The van der Waals surface area contributed by atoms with Gasteiger partial charge in [-0.3, -0.25) is 4.79 Å². The van der Waals surface area contributed by atoms with E-state index < -0.39 is 0 Å². The highest BCUT2D eigenvalue weighted by molar-refractivity contribution is 8.00. The van der Waals surface area contributed by atoms with Crippen molar-refractivity contribution in [2.45, 2.75) is 23.8 Å². The van der Waals surface area contributed by atoms with Crippen LogP contribution in [0.25, 0.3) is 0 Å². The zero-order valence-electron chi connectivity index (χ0n) is 12.5. The fourth-order valence-electron chi connectivity index (χ4n) is 1.94. The summed E-state index contributed by atoms with van der Waals surface area (Å²) in [5.74, 6) is -0.0468. The van der Waals surface area contributed by atoms with E-state index in [1.54, 1.807) is 15.8 Å². The van der Waals surface area contributed by atoms with E-state index in [-0.39, 0.29) is 11.2 Å². The van der Waals surface area contributed by atoms with Gasteiger partial charge >= 0.3 is 0 Å². The van der Waals surface area contributed by atoms with Crippen molar-refractivity contribution in [3.63, 3.8) is 0 Å². The molecule has 1 amide bonds. The van der Waals surface area contributed by atoms with Gasteiger partial charge in [-0.15, -0.1) is 10.2 Å². The first kappa shape index (κ1) is 16.0. The van der Waals surface area contributed by atoms with E-state index in [1.807, 2.05) is 44.3 Å². The van der Waals surface area contributed by atoms with Crippen LogP contribution in [0.4, 0.5) is 5.69 Å². The Balaban J connectivity index is 2.14. The van der Waals surface area contributed by atoms with Gasteiger partial charge in [-0.2, -0.15) is 5.26 Å². The van der Waals surface area contributed by atoms with Crippen molar-refractivity contribution in [3.05, 3.63) is 36.7 Å². The molecule has 0 radical (unpaired) electrons. The molecule has 0 aliphatic heterocycles. The SMILES string of the molecule is C[C@@H](Sc1nncn1C)C(=O)N(CCC#N)c1ccccc1. The number of anilines is 1. The molecule has 2 aromatic rings. The Morgan fingerprint density at radius 2 is 2.18 bits per heavy atom. The van der Waals surface area contributed by atoms with E-state index in [0.717, 1.165) is 5.69 Å². The molecule has 7 heteroatoms. The maximum atomic E-state index is 12.7. The molecule has 1 aromatic carbocycles. The summed E-state index contributed by atoms with van der Waals surface area (Å²) < 4.78 is 1.77. The van der Waals surface area contributed by atoms with Crippen molar-refractivity contribution < 1.29 is 4.79 Å². The minimum atomic E-state index is -0.318. The molecule has 0 aliphatic rings. The van der Waals surface area contributed by atoms with Crippen LogP contribution in [-0.2, 0) is 11.8 Å². The lowest BCUT2D eigenvalue weighted by molar-refractivity contribution is -0.117. The lowest BCUT2D eigenvalue weighted by Gasteiger charge is -2.24. The summed E-state index contributed by atoms with van der Waals surface area (Å²) >= 11 is 1.36. The summed E-state index contributed by atoms with van der Waals surface area (Å²) in [7, 11) is 1.84. The van der Waals surface area contributed by atoms with Crippen molar-refractivity contribution in [2.75, 3.05) is 11.4 Å². The zero-order chi connectivity index (χ0) is 15.9. The highest BCUT2D eigenvalue weighted by Gasteiger charge is 2.24. The van der Waals surface area contributed by atoms with Crippen LogP contribution in [0.3, 0.4) is 0 Å². The lowest BCUT2D eigenvalue weighted by Crippen LogP contribution is -2.37. The van der Waals surface area contributed by atoms with Gasteiger partial charge in [0.25, 0.3) is 0 Å². The molecule has 22 heavy (non-hydrogen) atoms. The number of rotatable bonds is 6. The summed E-state index contributed by atoms with van der Waals surface area (Å²) in [6.45, 7) is 2.22. The van der Waals surface area contributed by atoms with E-state index in [2.05, 4.69) is 16.3 Å². The molecule has 114 valence electrons. The number of thioether (sulfide) groups is 1. The number of para-hydroxylation sites is 1. The standard InChI is InChI=1S/C15H17N5OS/c1-12(22-15-18-17-11-19(15)2)14(21)20(10-6-9-16)13-7-4-3-5-8-13/h3-5,7-8,11-12H,6,10H2,1-2H3/t12-/m1/s1. The number of hydrogen-bond donors (Lipinski definition) is 0. The van der Waals surface area contributed by atoms with Crippen molar-refractivity contribution in [2.24, 2.45) is 7.05 Å². The second-order valence-corrected chi connectivity index (χ2v) is 6.03. The number of aryl methyl sites for hydroxylation is 1. The molecule has 0 saturated carbocycles. The molecule has 0 fully saturated rings. The Morgan fingerprint density at radius 3 is 2.77 bits per heavy atom. The van der Waals surface area contributed by atoms with E-state index in [9.17, 15) is 4.79 Å². The van der Waals surface area contributed by atoms with E-state index in [1.165, 1.54) is 11.8 Å². The number of carbonyl (C=O) groups excluding carboxylic acids is 1. The Morgan fingerprint density at radius 1 is 1.45 bits per heavy atom. The monoisotopic (exact) mass is 315 g/mol. The summed E-state index contributed by atoms with van der Waals surface area (Å²) in [5, 5.41) is 17.0. The molecule has 1 heterocycles. The van der Waals surface area contributed by atoms with Crippen LogP contribution >= 0.6 is 11.8 Å². The highest BCUT2D eigenvalue weighted by Crippen LogP contribution is 2.24. The molecule has 2 rings (SSSR count). The predicted octanol–water partition coefficient (Wildman–Crippen LogP) is 2.24. The summed E-state index contributed by atoms with van der Waals surface area (Å²) in [6, 6.07) is 11.5. The molecule has 1 atom stereocenters. The molecular formula is C15H17N5OS. The normalized spacial score (nSPS) is 11.7. The second kappa shape index (κ2) is 7.61. The van der Waals surface area contributed by atoms with E-state index in [4.69, 9.17) is 5.26 Å². The van der Waals surface area contributed by atoms with E-state index >= 15 is 0 Å². The van der Waals surface area contributed by atoms with Crippen LogP contribution in [0.1, 0.15) is 13.3 Å². The lowest BCUT2D eigenvalue weighted by atomic mass is 10.2. The number of nitrogens with zero attached hydrogens (tertiary/aromatic N) is 5. The van der Waals surface area contributed by atoms with Gasteiger partial charge in [0.05, 0.1) is 17.7 Å². The topological polar surface area (TPSA) is 74.8 Å². The predicted molar refractivity (Wildman–Crippen MR) is 85.3 cm³/mol. The number of benzene rings is 1. The van der Waals surface area contributed by atoms with Gasteiger partial charge in [-0.05, 0) is 19.1 Å². The van der Waals surface area contributed by atoms with Crippen LogP contribution in [-0.4, -0.2) is 32.5 Å². The summed E-state index contributed by atoms with van der Waals surface area (Å²) in [6.07, 6.45) is 1.89. The van der Waals surface area contributed by atoms with Gasteiger partial charge in [0.2, 0.25) is 5.91 Å². The molecule has 0 bridgehead atoms. The molecule has 6 nitrogen and oxygen atoms in total. The summed E-state index contributed by atoms with van der Waals surface area (Å²) in [4.78, 5) is 14.4. The minimum Gasteiger partial charge on any atom is -0.312 e. The second-order valence-electron chi connectivity index (χ2n) is 4.72. The number of hydrogen-bond acceptors (Lipinski definition) is 5. The average Bonchev–Trinajstić information content (AvgIpc) is 2.93. The fraction of sp³-hybridized carbons (Fsp3) is 0.333. The molecule has 0 saturated heterocycles. The molecule has 1 aromatic heterocycles. The Kier molecular flexibility index (Phi) is 5.55. The maximum Gasteiger partial charge on any atom is 0.240 e. The highest BCUT2D eigenvalue weighted by atomic mass is 32.2. The van der Waals surface area contributed by atoms with Crippen molar-refractivity contribution in [1.82, 2.24) is 14.8 Å². The quantitative estimate of drug-likeness (QED) is 0.764. The Bertz CT molecular complexity index is 664. The van der Waals surface area contributed by atoms with Gasteiger partial charge in [0.1, 0.15) is 6.33 Å². The van der Waals surface area contributed by atoms with E-state index in [0.29, 0.717) is 18.1 Å². The minimum absolute atomic E-state index is 0.0468. The fourth-order valence-corrected chi connectivity index (χ4v) is 2.80. The van der Waals surface area contributed by atoms with Gasteiger partial charge in [0, 0.05) is 19.3 Å². The molecule has 0 aliphatic carbocycles. The van der Waals surface area contributed by atoms with Gasteiger partial charge in [0.15, 0.2) is 5.16 Å². The first-order valence-electron chi connectivity index (χ1n) is 6.87.